The monoisotopic (exact) mass is 324 g/mol. The summed E-state index contributed by atoms with van der Waals surface area (Å²) in [6.07, 6.45) is 0. The number of aromatic nitrogens is 2. The first-order valence-corrected chi connectivity index (χ1v) is 8.51. The molecule has 25 heavy (non-hydrogen) atoms. The van der Waals surface area contributed by atoms with E-state index in [1.807, 2.05) is 12.1 Å². The van der Waals surface area contributed by atoms with Crippen LogP contribution in [0.15, 0.2) is 84.9 Å². The van der Waals surface area contributed by atoms with Crippen molar-refractivity contribution >= 4 is 0 Å². The van der Waals surface area contributed by atoms with Crippen molar-refractivity contribution in [1.29, 1.82) is 0 Å². The lowest BCUT2D eigenvalue weighted by Crippen LogP contribution is -1.99. The molecule has 2 heteroatoms. The van der Waals surface area contributed by atoms with E-state index in [1.165, 1.54) is 16.8 Å². The van der Waals surface area contributed by atoms with Gasteiger partial charge < -0.3 is 0 Å². The summed E-state index contributed by atoms with van der Waals surface area (Å²) in [5, 5.41) is 0. The molecule has 3 aromatic carbocycles. The summed E-state index contributed by atoms with van der Waals surface area (Å²) in [7, 11) is 0. The lowest BCUT2D eigenvalue weighted by molar-refractivity contribution is 1.01. The second kappa shape index (κ2) is 6.40. The van der Waals surface area contributed by atoms with Crippen LogP contribution in [-0.4, -0.2) is 9.55 Å². The third-order valence-electron chi connectivity index (χ3n) is 4.61. The van der Waals surface area contributed by atoms with Crippen molar-refractivity contribution < 1.29 is 0 Å². The number of imidazole rings is 1. The maximum absolute atomic E-state index is 4.80. The van der Waals surface area contributed by atoms with Crippen LogP contribution in [0, 0.1) is 13.8 Å². The Kier molecular flexibility index (Phi) is 3.95. The van der Waals surface area contributed by atoms with Crippen molar-refractivity contribution in [2.45, 2.75) is 13.8 Å². The SMILES string of the molecule is Cc1nc(-c2ccccc2)n(-c2ccc(-c3ccccc3)cc2)c1C. The van der Waals surface area contributed by atoms with E-state index >= 15 is 0 Å². The minimum absolute atomic E-state index is 0.989. The van der Waals surface area contributed by atoms with Gasteiger partial charge in [0.25, 0.3) is 0 Å². The van der Waals surface area contributed by atoms with Crippen LogP contribution in [0.5, 0.6) is 0 Å². The van der Waals surface area contributed by atoms with Crippen LogP contribution in [0.2, 0.25) is 0 Å². The highest BCUT2D eigenvalue weighted by atomic mass is 15.1. The van der Waals surface area contributed by atoms with Crippen molar-refractivity contribution in [2.24, 2.45) is 0 Å². The van der Waals surface area contributed by atoms with E-state index in [-0.39, 0.29) is 0 Å². The Morgan fingerprint density at radius 2 is 1.12 bits per heavy atom. The van der Waals surface area contributed by atoms with Gasteiger partial charge >= 0.3 is 0 Å². The molecule has 0 saturated carbocycles. The molecular weight excluding hydrogens is 304 g/mol. The Balaban J connectivity index is 1.80. The second-order valence-corrected chi connectivity index (χ2v) is 6.22. The van der Waals surface area contributed by atoms with Crippen LogP contribution >= 0.6 is 0 Å². The molecule has 0 aliphatic rings. The average Bonchev–Trinajstić information content (AvgIpc) is 2.98. The van der Waals surface area contributed by atoms with Gasteiger partial charge in [-0.3, -0.25) is 4.57 Å². The third-order valence-corrected chi connectivity index (χ3v) is 4.61. The van der Waals surface area contributed by atoms with Crippen LogP contribution in [0.25, 0.3) is 28.2 Å². The molecule has 1 heterocycles. The van der Waals surface area contributed by atoms with Crippen LogP contribution in [0.1, 0.15) is 11.4 Å². The summed E-state index contributed by atoms with van der Waals surface area (Å²) < 4.78 is 2.24. The molecule has 122 valence electrons. The van der Waals surface area contributed by atoms with Crippen molar-refractivity contribution in [3.63, 3.8) is 0 Å². The van der Waals surface area contributed by atoms with E-state index in [0.717, 1.165) is 22.8 Å². The molecule has 0 spiro atoms. The highest BCUT2D eigenvalue weighted by Crippen LogP contribution is 2.27. The minimum Gasteiger partial charge on any atom is -0.297 e. The predicted octanol–water partition coefficient (Wildman–Crippen LogP) is 5.82. The van der Waals surface area contributed by atoms with Gasteiger partial charge in [-0.15, -0.1) is 0 Å². The van der Waals surface area contributed by atoms with E-state index in [0.29, 0.717) is 0 Å². The standard InChI is InChI=1S/C23H20N2/c1-17-18(2)25(23(24-17)21-11-7-4-8-12-21)22-15-13-20(14-16-22)19-9-5-3-6-10-19/h3-16H,1-2H3. The molecule has 0 radical (unpaired) electrons. The molecule has 0 fully saturated rings. The van der Waals surface area contributed by atoms with Crippen LogP contribution < -0.4 is 0 Å². The van der Waals surface area contributed by atoms with Crippen molar-refractivity contribution in [3.8, 4) is 28.2 Å². The Labute approximate surface area is 148 Å². The van der Waals surface area contributed by atoms with Crippen LogP contribution in [0.3, 0.4) is 0 Å². The molecule has 0 saturated heterocycles. The molecule has 0 amide bonds. The summed E-state index contributed by atoms with van der Waals surface area (Å²) in [5.74, 6) is 0.989. The zero-order chi connectivity index (χ0) is 17.2. The van der Waals surface area contributed by atoms with Crippen LogP contribution in [-0.2, 0) is 0 Å². The van der Waals surface area contributed by atoms with E-state index in [2.05, 4.69) is 91.2 Å². The Hall–Kier alpha value is -3.13. The lowest BCUT2D eigenvalue weighted by atomic mass is 10.1. The van der Waals surface area contributed by atoms with Gasteiger partial charge in [0, 0.05) is 16.9 Å². The molecule has 4 rings (SSSR count). The molecule has 0 bridgehead atoms. The van der Waals surface area contributed by atoms with E-state index in [1.54, 1.807) is 0 Å². The largest absolute Gasteiger partial charge is 0.297 e. The fourth-order valence-corrected chi connectivity index (χ4v) is 3.14. The van der Waals surface area contributed by atoms with Gasteiger partial charge in [0.05, 0.1) is 5.69 Å². The fraction of sp³-hybridized carbons (Fsp3) is 0.0870. The Bertz CT molecular complexity index is 982. The Morgan fingerprint density at radius 1 is 0.600 bits per heavy atom. The number of aryl methyl sites for hydroxylation is 1. The highest BCUT2D eigenvalue weighted by Gasteiger charge is 2.14. The Morgan fingerprint density at radius 3 is 1.72 bits per heavy atom. The maximum atomic E-state index is 4.80. The summed E-state index contributed by atoms with van der Waals surface area (Å²) in [4.78, 5) is 4.80. The van der Waals surface area contributed by atoms with Crippen LogP contribution in [0.4, 0.5) is 0 Å². The van der Waals surface area contributed by atoms with Gasteiger partial charge in [0.2, 0.25) is 0 Å². The molecule has 0 atom stereocenters. The van der Waals surface area contributed by atoms with E-state index in [9.17, 15) is 0 Å². The maximum Gasteiger partial charge on any atom is 0.145 e. The summed E-state index contributed by atoms with van der Waals surface area (Å²) in [6, 6.07) is 29.5. The summed E-state index contributed by atoms with van der Waals surface area (Å²) in [6.45, 7) is 4.19. The lowest BCUT2D eigenvalue weighted by Gasteiger charge is -2.11. The molecule has 4 aromatic rings. The molecular formula is C23H20N2. The first-order valence-electron chi connectivity index (χ1n) is 8.51. The molecule has 1 aromatic heterocycles. The second-order valence-electron chi connectivity index (χ2n) is 6.22. The predicted molar refractivity (Wildman–Crippen MR) is 104 cm³/mol. The van der Waals surface area contributed by atoms with Gasteiger partial charge in [-0.25, -0.2) is 4.98 Å². The number of hydrogen-bond acceptors (Lipinski definition) is 1. The number of nitrogens with zero attached hydrogens (tertiary/aromatic N) is 2. The van der Waals surface area contributed by atoms with Crippen molar-refractivity contribution in [2.75, 3.05) is 0 Å². The number of rotatable bonds is 3. The fourth-order valence-electron chi connectivity index (χ4n) is 3.14. The topological polar surface area (TPSA) is 17.8 Å². The van der Waals surface area contributed by atoms with Crippen molar-refractivity contribution in [1.82, 2.24) is 9.55 Å². The molecule has 0 aliphatic carbocycles. The quantitative estimate of drug-likeness (QED) is 0.464. The average molecular weight is 324 g/mol. The van der Waals surface area contributed by atoms with Gasteiger partial charge in [0.15, 0.2) is 0 Å². The number of hydrogen-bond donors (Lipinski definition) is 0. The van der Waals surface area contributed by atoms with E-state index in [4.69, 9.17) is 4.98 Å². The van der Waals surface area contributed by atoms with Gasteiger partial charge in [-0.1, -0.05) is 72.8 Å². The molecule has 0 N–H and O–H groups in total. The highest BCUT2D eigenvalue weighted by molar-refractivity contribution is 5.66. The van der Waals surface area contributed by atoms with Gasteiger partial charge in [0.1, 0.15) is 5.82 Å². The first kappa shape index (κ1) is 15.4. The summed E-state index contributed by atoms with van der Waals surface area (Å²) in [5.41, 5.74) is 6.95. The minimum atomic E-state index is 0.989. The smallest absolute Gasteiger partial charge is 0.145 e. The summed E-state index contributed by atoms with van der Waals surface area (Å²) >= 11 is 0. The molecule has 2 nitrogen and oxygen atoms in total. The van der Waals surface area contributed by atoms with Gasteiger partial charge in [-0.2, -0.15) is 0 Å². The molecule has 0 unspecified atom stereocenters. The third kappa shape index (κ3) is 2.87. The number of benzene rings is 3. The normalized spacial score (nSPS) is 10.8. The van der Waals surface area contributed by atoms with Crippen molar-refractivity contribution in [3.05, 3.63) is 96.3 Å². The van der Waals surface area contributed by atoms with Gasteiger partial charge in [-0.05, 0) is 37.1 Å². The first-order chi connectivity index (χ1) is 12.2. The molecule has 0 aliphatic heterocycles. The zero-order valence-electron chi connectivity index (χ0n) is 14.5. The zero-order valence-corrected chi connectivity index (χ0v) is 14.5. The van der Waals surface area contributed by atoms with E-state index < -0.39 is 0 Å².